The van der Waals surface area contributed by atoms with Crippen LogP contribution < -0.4 is 10.6 Å². The molecule has 0 radical (unpaired) electrons. The van der Waals surface area contributed by atoms with Crippen LogP contribution in [0.3, 0.4) is 0 Å². The highest BCUT2D eigenvalue weighted by molar-refractivity contribution is 7.10. The highest BCUT2D eigenvalue weighted by Gasteiger charge is 2.33. The molecule has 1 saturated carbocycles. The predicted octanol–water partition coefficient (Wildman–Crippen LogP) is 3.80. The fourth-order valence-corrected chi connectivity index (χ4v) is 3.89. The van der Waals surface area contributed by atoms with Gasteiger partial charge < -0.3 is 15.5 Å². The van der Waals surface area contributed by atoms with Gasteiger partial charge in [-0.25, -0.2) is 4.79 Å². The highest BCUT2D eigenvalue weighted by atomic mass is 32.1. The first kappa shape index (κ1) is 17.0. The summed E-state index contributed by atoms with van der Waals surface area (Å²) in [5.74, 6) is 0.570. The van der Waals surface area contributed by atoms with Crippen molar-refractivity contribution in [3.8, 4) is 0 Å². The SMILES string of the molecule is CN(C)C(CNC(=O)NC(c1ccccc1)C1CC1)c1cccs1. The molecule has 0 aliphatic heterocycles. The van der Waals surface area contributed by atoms with E-state index in [1.807, 2.05) is 32.3 Å². The zero-order valence-electron chi connectivity index (χ0n) is 14.2. The minimum absolute atomic E-state index is 0.0841. The number of hydrogen-bond donors (Lipinski definition) is 2. The Morgan fingerprint density at radius 1 is 1.21 bits per heavy atom. The molecule has 4 nitrogen and oxygen atoms in total. The molecule has 1 aromatic heterocycles. The third kappa shape index (κ3) is 4.36. The van der Waals surface area contributed by atoms with Crippen LogP contribution in [0.1, 0.15) is 35.4 Å². The third-order valence-corrected chi connectivity index (χ3v) is 5.46. The average molecular weight is 343 g/mol. The van der Waals surface area contributed by atoms with Crippen LogP contribution in [0.15, 0.2) is 47.8 Å². The minimum atomic E-state index is -0.0841. The maximum absolute atomic E-state index is 12.4. The monoisotopic (exact) mass is 343 g/mol. The van der Waals surface area contributed by atoms with Crippen LogP contribution in [0.5, 0.6) is 0 Å². The van der Waals surface area contributed by atoms with Crippen LogP contribution in [-0.4, -0.2) is 31.6 Å². The molecule has 1 aliphatic rings. The van der Waals surface area contributed by atoms with Gasteiger partial charge in [-0.3, -0.25) is 0 Å². The number of carbonyl (C=O) groups is 1. The predicted molar refractivity (Wildman–Crippen MR) is 99.2 cm³/mol. The Morgan fingerprint density at radius 2 is 1.96 bits per heavy atom. The summed E-state index contributed by atoms with van der Waals surface area (Å²) < 4.78 is 0. The summed E-state index contributed by atoms with van der Waals surface area (Å²) in [6.07, 6.45) is 2.38. The second kappa shape index (κ2) is 7.81. The minimum Gasteiger partial charge on any atom is -0.336 e. The van der Waals surface area contributed by atoms with E-state index < -0.39 is 0 Å². The molecule has 2 aromatic rings. The van der Waals surface area contributed by atoms with Gasteiger partial charge in [-0.2, -0.15) is 0 Å². The van der Waals surface area contributed by atoms with Crippen LogP contribution in [0.25, 0.3) is 0 Å². The lowest BCUT2D eigenvalue weighted by atomic mass is 10.0. The fraction of sp³-hybridized carbons (Fsp3) is 0.421. The standard InChI is InChI=1S/C19H25N3OS/c1-22(2)16(17-9-6-12-24-17)13-20-19(23)21-18(15-10-11-15)14-7-4-3-5-8-14/h3-9,12,15-16,18H,10-11,13H2,1-2H3,(H2,20,21,23). The number of rotatable bonds is 7. The van der Waals surface area contributed by atoms with Gasteiger partial charge in [-0.15, -0.1) is 11.3 Å². The van der Waals surface area contributed by atoms with Gasteiger partial charge in [0.2, 0.25) is 0 Å². The van der Waals surface area contributed by atoms with Crippen molar-refractivity contribution in [2.75, 3.05) is 20.6 Å². The van der Waals surface area contributed by atoms with E-state index in [0.717, 1.165) is 0 Å². The van der Waals surface area contributed by atoms with Crippen LogP contribution >= 0.6 is 11.3 Å². The molecule has 0 saturated heterocycles. The normalized spacial score (nSPS) is 16.6. The second-order valence-corrected chi connectivity index (χ2v) is 7.55. The fourth-order valence-electron chi connectivity index (χ4n) is 2.96. The molecule has 5 heteroatoms. The van der Waals surface area contributed by atoms with Gasteiger partial charge in [-0.05, 0) is 49.9 Å². The smallest absolute Gasteiger partial charge is 0.315 e. The van der Waals surface area contributed by atoms with E-state index in [2.05, 4.69) is 45.2 Å². The topological polar surface area (TPSA) is 44.4 Å². The summed E-state index contributed by atoms with van der Waals surface area (Å²) in [4.78, 5) is 15.8. The van der Waals surface area contributed by atoms with Crippen molar-refractivity contribution in [2.24, 2.45) is 5.92 Å². The van der Waals surface area contributed by atoms with E-state index in [-0.39, 0.29) is 18.1 Å². The molecule has 1 heterocycles. The van der Waals surface area contributed by atoms with Crippen LogP contribution in [-0.2, 0) is 0 Å². The number of benzene rings is 1. The average Bonchev–Trinajstić information content (AvgIpc) is 3.28. The van der Waals surface area contributed by atoms with E-state index in [4.69, 9.17) is 0 Å². The van der Waals surface area contributed by atoms with Crippen LogP contribution in [0, 0.1) is 5.92 Å². The number of amides is 2. The van der Waals surface area contributed by atoms with Crippen LogP contribution in [0.4, 0.5) is 4.79 Å². The number of nitrogens with zero attached hydrogens (tertiary/aromatic N) is 1. The summed E-state index contributed by atoms with van der Waals surface area (Å²) in [6.45, 7) is 0.603. The zero-order chi connectivity index (χ0) is 16.9. The third-order valence-electron chi connectivity index (χ3n) is 4.49. The van der Waals surface area contributed by atoms with Gasteiger partial charge in [0.15, 0.2) is 0 Å². The number of likely N-dealkylation sites (N-methyl/N-ethyl adjacent to an activating group) is 1. The van der Waals surface area contributed by atoms with Crippen molar-refractivity contribution in [1.82, 2.24) is 15.5 Å². The largest absolute Gasteiger partial charge is 0.336 e. The molecule has 1 aliphatic carbocycles. The Bertz CT molecular complexity index is 638. The van der Waals surface area contributed by atoms with E-state index in [1.54, 1.807) is 11.3 Å². The van der Waals surface area contributed by atoms with Crippen molar-refractivity contribution in [3.05, 3.63) is 58.3 Å². The lowest BCUT2D eigenvalue weighted by Gasteiger charge is -2.25. The highest BCUT2D eigenvalue weighted by Crippen LogP contribution is 2.40. The number of carbonyl (C=O) groups excluding carboxylic acids is 1. The first-order chi connectivity index (χ1) is 11.6. The van der Waals surface area contributed by atoms with E-state index in [9.17, 15) is 4.79 Å². The molecule has 0 bridgehead atoms. The lowest BCUT2D eigenvalue weighted by Crippen LogP contribution is -2.42. The first-order valence-electron chi connectivity index (χ1n) is 8.44. The molecule has 24 heavy (non-hydrogen) atoms. The summed E-state index contributed by atoms with van der Waals surface area (Å²) in [7, 11) is 4.09. The maximum atomic E-state index is 12.4. The Hall–Kier alpha value is -1.85. The molecule has 128 valence electrons. The van der Waals surface area contributed by atoms with Gasteiger partial charge in [-0.1, -0.05) is 36.4 Å². The quantitative estimate of drug-likeness (QED) is 0.803. The van der Waals surface area contributed by atoms with E-state index in [0.29, 0.717) is 12.5 Å². The molecule has 0 spiro atoms. The Balaban J connectivity index is 1.58. The van der Waals surface area contributed by atoms with Crippen molar-refractivity contribution in [2.45, 2.75) is 24.9 Å². The molecular weight excluding hydrogens is 318 g/mol. The number of urea groups is 1. The van der Waals surface area contributed by atoms with Gasteiger partial charge in [0.05, 0.1) is 12.1 Å². The molecule has 2 atom stereocenters. The van der Waals surface area contributed by atoms with Crippen molar-refractivity contribution in [1.29, 1.82) is 0 Å². The Kier molecular flexibility index (Phi) is 5.53. The molecule has 2 unspecified atom stereocenters. The number of hydrogen-bond acceptors (Lipinski definition) is 3. The van der Waals surface area contributed by atoms with Gasteiger partial charge in [0.25, 0.3) is 0 Å². The summed E-state index contributed by atoms with van der Waals surface area (Å²) in [5, 5.41) is 8.29. The van der Waals surface area contributed by atoms with Gasteiger partial charge in [0, 0.05) is 11.4 Å². The van der Waals surface area contributed by atoms with Crippen molar-refractivity contribution < 1.29 is 4.79 Å². The van der Waals surface area contributed by atoms with Crippen LogP contribution in [0.2, 0.25) is 0 Å². The molecular formula is C19H25N3OS. The van der Waals surface area contributed by atoms with Crippen molar-refractivity contribution in [3.63, 3.8) is 0 Å². The van der Waals surface area contributed by atoms with E-state index >= 15 is 0 Å². The van der Waals surface area contributed by atoms with Gasteiger partial charge in [0.1, 0.15) is 0 Å². The molecule has 2 N–H and O–H groups in total. The summed E-state index contributed by atoms with van der Waals surface area (Å²) >= 11 is 1.72. The zero-order valence-corrected chi connectivity index (χ0v) is 15.1. The number of thiophene rings is 1. The molecule has 3 rings (SSSR count). The summed E-state index contributed by atoms with van der Waals surface area (Å²) in [6, 6.07) is 14.7. The maximum Gasteiger partial charge on any atom is 0.315 e. The van der Waals surface area contributed by atoms with E-state index in [1.165, 1.54) is 23.3 Å². The van der Waals surface area contributed by atoms with Crippen molar-refractivity contribution >= 4 is 17.4 Å². The second-order valence-electron chi connectivity index (χ2n) is 6.57. The summed E-state index contributed by atoms with van der Waals surface area (Å²) in [5.41, 5.74) is 1.19. The number of nitrogens with one attached hydrogen (secondary N) is 2. The first-order valence-corrected chi connectivity index (χ1v) is 9.32. The molecule has 1 aromatic carbocycles. The van der Waals surface area contributed by atoms with Gasteiger partial charge >= 0.3 is 6.03 Å². The Labute approximate surface area is 147 Å². The molecule has 1 fully saturated rings. The lowest BCUT2D eigenvalue weighted by molar-refractivity contribution is 0.228. The molecule has 2 amide bonds. The Morgan fingerprint density at radius 3 is 2.54 bits per heavy atom.